The van der Waals surface area contributed by atoms with Crippen molar-refractivity contribution in [3.8, 4) is 6.07 Å². The van der Waals surface area contributed by atoms with Crippen molar-refractivity contribution in [2.24, 2.45) is 5.73 Å². The number of hydrogen-bond acceptors (Lipinski definition) is 8. The van der Waals surface area contributed by atoms with Crippen molar-refractivity contribution in [1.29, 1.82) is 5.26 Å². The van der Waals surface area contributed by atoms with E-state index < -0.39 is 17.9 Å². The van der Waals surface area contributed by atoms with Gasteiger partial charge < -0.3 is 20.5 Å². The van der Waals surface area contributed by atoms with Gasteiger partial charge in [0.25, 0.3) is 0 Å². The van der Waals surface area contributed by atoms with Gasteiger partial charge in [0.05, 0.1) is 37.4 Å². The Morgan fingerprint density at radius 1 is 1.03 bits per heavy atom. The number of esters is 2. The lowest BCUT2D eigenvalue weighted by atomic mass is 9.81. The summed E-state index contributed by atoms with van der Waals surface area (Å²) in [6.07, 6.45) is 0.595. The Bertz CT molecular complexity index is 1230. The van der Waals surface area contributed by atoms with Crippen LogP contribution in [0.5, 0.6) is 0 Å². The van der Waals surface area contributed by atoms with E-state index in [1.54, 1.807) is 42.5 Å². The average molecular weight is 475 g/mol. The fourth-order valence-electron chi connectivity index (χ4n) is 3.98. The normalized spacial score (nSPS) is 15.4. The smallest absolute Gasteiger partial charge is 0.355 e. The lowest BCUT2D eigenvalue weighted by molar-refractivity contribution is -0.139. The number of ether oxygens (including phenoxy) is 2. The fourth-order valence-corrected chi connectivity index (χ4v) is 3.98. The number of nitrogens with zero attached hydrogens (tertiary/aromatic N) is 2. The molecule has 1 heterocycles. The first-order valence-electron chi connectivity index (χ1n) is 10.8. The minimum atomic E-state index is -0.920. The number of anilines is 1. The summed E-state index contributed by atoms with van der Waals surface area (Å²) in [6.45, 7) is 1.92. The molecule has 9 nitrogen and oxygen atoms in total. The van der Waals surface area contributed by atoms with E-state index in [9.17, 15) is 19.6 Å². The minimum Gasteiger partial charge on any atom is -0.466 e. The van der Waals surface area contributed by atoms with Crippen molar-refractivity contribution in [2.75, 3.05) is 25.7 Å². The van der Waals surface area contributed by atoms with Crippen molar-refractivity contribution < 1.29 is 23.9 Å². The monoisotopic (exact) mass is 474 g/mol. The zero-order valence-corrected chi connectivity index (χ0v) is 19.7. The summed E-state index contributed by atoms with van der Waals surface area (Å²) in [4.78, 5) is 38.5. The molecule has 3 rings (SSSR count). The molecule has 0 fully saturated rings. The predicted octanol–water partition coefficient (Wildman–Crippen LogP) is 2.26. The number of rotatable bonds is 7. The van der Waals surface area contributed by atoms with Crippen LogP contribution >= 0.6 is 0 Å². The Morgan fingerprint density at radius 2 is 1.66 bits per heavy atom. The molecule has 0 bridgehead atoms. The van der Waals surface area contributed by atoms with E-state index in [2.05, 4.69) is 11.4 Å². The zero-order chi connectivity index (χ0) is 25.5. The Labute approximate surface area is 203 Å². The van der Waals surface area contributed by atoms with Gasteiger partial charge in [-0.2, -0.15) is 5.26 Å². The second-order valence-corrected chi connectivity index (χ2v) is 7.73. The summed E-state index contributed by atoms with van der Waals surface area (Å²) in [5, 5.41) is 12.8. The number of allylic oxidation sites excluding steroid dienone is 1. The van der Waals surface area contributed by atoms with Gasteiger partial charge in [-0.15, -0.1) is 0 Å². The number of hydrogen-bond donors (Lipinski definition) is 2. The molecule has 2 aromatic rings. The van der Waals surface area contributed by atoms with Gasteiger partial charge in [-0.3, -0.25) is 9.69 Å². The van der Waals surface area contributed by atoms with Gasteiger partial charge in [-0.25, -0.2) is 9.59 Å². The van der Waals surface area contributed by atoms with E-state index in [1.165, 1.54) is 26.0 Å². The maximum absolute atomic E-state index is 13.0. The lowest BCUT2D eigenvalue weighted by Crippen LogP contribution is -2.40. The van der Waals surface area contributed by atoms with Crippen LogP contribution in [0.15, 0.2) is 77.3 Å². The van der Waals surface area contributed by atoms with Crippen molar-refractivity contribution in [1.82, 2.24) is 5.32 Å². The molecule has 3 N–H and O–H groups in total. The molecule has 2 aromatic carbocycles. The molecule has 1 aliphatic rings. The Morgan fingerprint density at radius 3 is 2.20 bits per heavy atom. The molecule has 35 heavy (non-hydrogen) atoms. The van der Waals surface area contributed by atoms with E-state index in [1.807, 2.05) is 12.1 Å². The highest BCUT2D eigenvalue weighted by molar-refractivity contribution is 6.06. The molecule has 1 amide bonds. The van der Waals surface area contributed by atoms with E-state index >= 15 is 0 Å². The minimum absolute atomic E-state index is 0.000373. The van der Waals surface area contributed by atoms with Crippen molar-refractivity contribution >= 4 is 23.5 Å². The quantitative estimate of drug-likeness (QED) is 0.584. The van der Waals surface area contributed by atoms with E-state index in [4.69, 9.17) is 15.2 Å². The van der Waals surface area contributed by atoms with Crippen LogP contribution in [0.3, 0.4) is 0 Å². The summed E-state index contributed by atoms with van der Waals surface area (Å²) in [5.41, 5.74) is 8.37. The Hall–Kier alpha value is -4.58. The third-order valence-electron chi connectivity index (χ3n) is 5.59. The van der Waals surface area contributed by atoms with E-state index in [0.29, 0.717) is 24.2 Å². The van der Waals surface area contributed by atoms with Gasteiger partial charge in [0, 0.05) is 19.2 Å². The highest BCUT2D eigenvalue weighted by Crippen LogP contribution is 2.43. The molecule has 0 aliphatic carbocycles. The van der Waals surface area contributed by atoms with Gasteiger partial charge in [0.1, 0.15) is 11.5 Å². The molecule has 0 radical (unpaired) electrons. The number of nitriles is 1. The SMILES string of the molecule is COC(=O)C1=C(C(=O)OC)N(c2ccc(CCNC(C)=O)cc2)C(N)=C(C#N)C1c1ccccc1. The van der Waals surface area contributed by atoms with Gasteiger partial charge in [-0.05, 0) is 29.7 Å². The average Bonchev–Trinajstić information content (AvgIpc) is 2.87. The topological polar surface area (TPSA) is 135 Å². The van der Waals surface area contributed by atoms with Gasteiger partial charge in [0.15, 0.2) is 0 Å². The largest absolute Gasteiger partial charge is 0.466 e. The molecule has 0 aromatic heterocycles. The third kappa shape index (κ3) is 5.17. The van der Waals surface area contributed by atoms with Crippen LogP contribution in [0.4, 0.5) is 5.69 Å². The Balaban J connectivity index is 2.19. The number of nitrogens with two attached hydrogens (primary N) is 1. The summed E-state index contributed by atoms with van der Waals surface area (Å²) in [6, 6.07) is 18.0. The molecule has 0 saturated heterocycles. The third-order valence-corrected chi connectivity index (χ3v) is 5.59. The van der Waals surface area contributed by atoms with E-state index in [-0.39, 0.29) is 28.6 Å². The summed E-state index contributed by atoms with van der Waals surface area (Å²) < 4.78 is 10.0. The van der Waals surface area contributed by atoms with Crippen molar-refractivity contribution in [3.63, 3.8) is 0 Å². The first-order chi connectivity index (χ1) is 16.8. The molecular weight excluding hydrogens is 448 g/mol. The molecule has 1 atom stereocenters. The van der Waals surface area contributed by atoms with Gasteiger partial charge in [-0.1, -0.05) is 42.5 Å². The molecular formula is C26H26N4O5. The molecule has 0 spiro atoms. The van der Waals surface area contributed by atoms with Crippen LogP contribution in [0.25, 0.3) is 0 Å². The van der Waals surface area contributed by atoms with Gasteiger partial charge in [0.2, 0.25) is 5.91 Å². The van der Waals surface area contributed by atoms with Crippen LogP contribution < -0.4 is 16.0 Å². The highest BCUT2D eigenvalue weighted by Gasteiger charge is 2.42. The van der Waals surface area contributed by atoms with Crippen LogP contribution in [0.1, 0.15) is 24.0 Å². The second kappa shape index (κ2) is 11.0. The van der Waals surface area contributed by atoms with E-state index in [0.717, 1.165) is 5.56 Å². The second-order valence-electron chi connectivity index (χ2n) is 7.73. The zero-order valence-electron chi connectivity index (χ0n) is 19.7. The maximum Gasteiger partial charge on any atom is 0.355 e. The van der Waals surface area contributed by atoms with Crippen LogP contribution in [0.2, 0.25) is 0 Å². The summed E-state index contributed by atoms with van der Waals surface area (Å²) in [5.74, 6) is -2.62. The number of carbonyl (C=O) groups excluding carboxylic acids is 3. The van der Waals surface area contributed by atoms with Crippen LogP contribution in [-0.4, -0.2) is 38.6 Å². The number of amides is 1. The van der Waals surface area contributed by atoms with Gasteiger partial charge >= 0.3 is 11.9 Å². The standard InChI is InChI=1S/C26H26N4O5/c1-16(31)29-14-13-17-9-11-19(12-10-17)30-23(26(33)35-3)22(25(32)34-2)21(20(15-27)24(30)28)18-7-5-4-6-8-18/h4-12,21H,13-14,28H2,1-3H3,(H,29,31). The van der Waals surface area contributed by atoms with Crippen LogP contribution in [-0.2, 0) is 30.3 Å². The number of nitrogens with one attached hydrogen (secondary N) is 1. The molecule has 1 unspecified atom stereocenters. The molecule has 0 saturated carbocycles. The fraction of sp³-hybridized carbons (Fsp3) is 0.231. The summed E-state index contributed by atoms with van der Waals surface area (Å²) >= 11 is 0. The lowest BCUT2D eigenvalue weighted by Gasteiger charge is -2.35. The molecule has 1 aliphatic heterocycles. The highest BCUT2D eigenvalue weighted by atomic mass is 16.5. The molecule has 9 heteroatoms. The first kappa shape index (κ1) is 25.1. The first-order valence-corrected chi connectivity index (χ1v) is 10.8. The number of benzene rings is 2. The van der Waals surface area contributed by atoms with Crippen LogP contribution in [0, 0.1) is 11.3 Å². The summed E-state index contributed by atoms with van der Waals surface area (Å²) in [7, 11) is 2.40. The molecule has 180 valence electrons. The maximum atomic E-state index is 13.0. The predicted molar refractivity (Wildman–Crippen MR) is 128 cm³/mol. The number of carbonyl (C=O) groups is 3. The van der Waals surface area contributed by atoms with Crippen molar-refractivity contribution in [2.45, 2.75) is 19.3 Å². The number of methoxy groups -OCH3 is 2. The Kier molecular flexibility index (Phi) is 7.89. The van der Waals surface area contributed by atoms with Crippen molar-refractivity contribution in [3.05, 3.63) is 88.4 Å².